The molecule has 0 spiro atoms. The van der Waals surface area contributed by atoms with Gasteiger partial charge < -0.3 is 5.32 Å². The molecule has 1 aromatic heterocycles. The molecule has 1 aromatic carbocycles. The quantitative estimate of drug-likeness (QED) is 0.934. The Morgan fingerprint density at radius 2 is 1.83 bits per heavy atom. The number of aromatic nitrogens is 1. The van der Waals surface area contributed by atoms with E-state index in [1.54, 1.807) is 54.9 Å². The first-order valence-corrected chi connectivity index (χ1v) is 7.82. The van der Waals surface area contributed by atoms with Gasteiger partial charge in [-0.15, -0.1) is 0 Å². The SMILES string of the molecule is O=C(CC1SC(=O)N(c2ccccc2)C1=O)Nc1ccncc1. The number of para-hydroxylation sites is 1. The molecule has 1 fully saturated rings. The molecule has 116 valence electrons. The fraction of sp³-hybridized carbons (Fsp3) is 0.125. The van der Waals surface area contributed by atoms with Crippen LogP contribution in [0.2, 0.25) is 0 Å². The van der Waals surface area contributed by atoms with Crippen LogP contribution in [0.3, 0.4) is 0 Å². The topological polar surface area (TPSA) is 79.4 Å². The lowest BCUT2D eigenvalue weighted by Gasteiger charge is -2.13. The number of thioether (sulfide) groups is 1. The van der Waals surface area contributed by atoms with Crippen molar-refractivity contribution in [2.45, 2.75) is 11.7 Å². The number of nitrogens with zero attached hydrogens (tertiary/aromatic N) is 2. The second-order valence-electron chi connectivity index (χ2n) is 4.87. The van der Waals surface area contributed by atoms with E-state index < -0.39 is 5.25 Å². The van der Waals surface area contributed by atoms with Crippen LogP contribution in [0.4, 0.5) is 16.2 Å². The van der Waals surface area contributed by atoms with Crippen LogP contribution in [-0.4, -0.2) is 27.3 Å². The number of benzene rings is 1. The van der Waals surface area contributed by atoms with Crippen molar-refractivity contribution in [2.24, 2.45) is 0 Å². The third-order valence-corrected chi connectivity index (χ3v) is 4.31. The van der Waals surface area contributed by atoms with E-state index in [1.807, 2.05) is 0 Å². The highest BCUT2D eigenvalue weighted by Crippen LogP contribution is 2.33. The number of imide groups is 1. The highest BCUT2D eigenvalue weighted by molar-refractivity contribution is 8.15. The van der Waals surface area contributed by atoms with Gasteiger partial charge in [-0.1, -0.05) is 18.2 Å². The average molecular weight is 327 g/mol. The summed E-state index contributed by atoms with van der Waals surface area (Å²) in [6.45, 7) is 0. The lowest BCUT2D eigenvalue weighted by atomic mass is 10.2. The Labute approximate surface area is 136 Å². The maximum absolute atomic E-state index is 12.4. The lowest BCUT2D eigenvalue weighted by molar-refractivity contribution is -0.121. The highest BCUT2D eigenvalue weighted by Gasteiger charge is 2.41. The fourth-order valence-electron chi connectivity index (χ4n) is 2.21. The van der Waals surface area contributed by atoms with Crippen molar-refractivity contribution >= 4 is 40.2 Å². The van der Waals surface area contributed by atoms with Crippen LogP contribution in [0, 0.1) is 0 Å². The lowest BCUT2D eigenvalue weighted by Crippen LogP contribution is -2.32. The molecular weight excluding hydrogens is 314 g/mol. The average Bonchev–Trinajstić information content (AvgIpc) is 2.83. The van der Waals surface area contributed by atoms with Gasteiger partial charge in [0.25, 0.3) is 5.24 Å². The molecule has 7 heteroatoms. The van der Waals surface area contributed by atoms with Crippen molar-refractivity contribution < 1.29 is 14.4 Å². The van der Waals surface area contributed by atoms with Crippen LogP contribution in [0.25, 0.3) is 0 Å². The van der Waals surface area contributed by atoms with Crippen LogP contribution in [-0.2, 0) is 9.59 Å². The first-order chi connectivity index (χ1) is 11.1. The molecule has 0 aliphatic carbocycles. The molecule has 6 nitrogen and oxygen atoms in total. The summed E-state index contributed by atoms with van der Waals surface area (Å²) < 4.78 is 0. The van der Waals surface area contributed by atoms with E-state index in [0.29, 0.717) is 11.4 Å². The minimum Gasteiger partial charge on any atom is -0.326 e. The summed E-state index contributed by atoms with van der Waals surface area (Å²) in [5.74, 6) is -0.680. The molecule has 1 aliphatic rings. The molecule has 2 aromatic rings. The number of rotatable bonds is 4. The third-order valence-electron chi connectivity index (χ3n) is 3.27. The molecule has 3 amide bonds. The predicted molar refractivity (Wildman–Crippen MR) is 88.2 cm³/mol. The Hall–Kier alpha value is -2.67. The van der Waals surface area contributed by atoms with Crippen LogP contribution < -0.4 is 10.2 Å². The second-order valence-corrected chi connectivity index (χ2v) is 6.02. The summed E-state index contributed by atoms with van der Waals surface area (Å²) in [5, 5.41) is 1.62. The smallest absolute Gasteiger partial charge is 0.293 e. The molecule has 1 saturated heterocycles. The number of hydrogen-bond acceptors (Lipinski definition) is 5. The zero-order chi connectivity index (χ0) is 16.2. The second kappa shape index (κ2) is 6.62. The maximum Gasteiger partial charge on any atom is 0.293 e. The van der Waals surface area contributed by atoms with E-state index in [9.17, 15) is 14.4 Å². The maximum atomic E-state index is 12.4. The molecule has 1 N–H and O–H groups in total. The molecule has 1 aliphatic heterocycles. The summed E-state index contributed by atoms with van der Waals surface area (Å²) >= 11 is 0.880. The van der Waals surface area contributed by atoms with E-state index >= 15 is 0 Å². The zero-order valence-electron chi connectivity index (χ0n) is 12.0. The van der Waals surface area contributed by atoms with Crippen LogP contribution in [0.5, 0.6) is 0 Å². The molecule has 23 heavy (non-hydrogen) atoms. The summed E-state index contributed by atoms with van der Waals surface area (Å²) in [6.07, 6.45) is 3.07. The van der Waals surface area contributed by atoms with Crippen molar-refractivity contribution in [1.82, 2.24) is 4.98 Å². The third kappa shape index (κ3) is 3.40. The summed E-state index contributed by atoms with van der Waals surface area (Å²) in [5.41, 5.74) is 1.12. The Bertz CT molecular complexity index is 737. The number of nitrogens with one attached hydrogen (secondary N) is 1. The first-order valence-electron chi connectivity index (χ1n) is 6.94. The Kier molecular flexibility index (Phi) is 4.38. The van der Waals surface area contributed by atoms with Crippen LogP contribution >= 0.6 is 11.8 Å². The van der Waals surface area contributed by atoms with Gasteiger partial charge in [-0.25, -0.2) is 4.90 Å². The van der Waals surface area contributed by atoms with E-state index in [2.05, 4.69) is 10.3 Å². The van der Waals surface area contributed by atoms with Gasteiger partial charge >= 0.3 is 0 Å². The van der Waals surface area contributed by atoms with Crippen molar-refractivity contribution in [1.29, 1.82) is 0 Å². The summed E-state index contributed by atoms with van der Waals surface area (Å²) in [4.78, 5) is 41.5. The van der Waals surface area contributed by atoms with Crippen molar-refractivity contribution in [3.8, 4) is 0 Å². The van der Waals surface area contributed by atoms with Gasteiger partial charge in [-0.3, -0.25) is 19.4 Å². The summed E-state index contributed by atoms with van der Waals surface area (Å²) in [7, 11) is 0. The molecule has 0 radical (unpaired) electrons. The monoisotopic (exact) mass is 327 g/mol. The van der Waals surface area contributed by atoms with Crippen molar-refractivity contribution in [3.63, 3.8) is 0 Å². The minimum atomic E-state index is -0.704. The molecule has 1 unspecified atom stereocenters. The Morgan fingerprint density at radius 1 is 1.13 bits per heavy atom. The van der Waals surface area contributed by atoms with Gasteiger partial charge in [0, 0.05) is 24.5 Å². The standard InChI is InChI=1S/C16H13N3O3S/c20-14(18-11-6-8-17-9-7-11)10-13-15(21)19(16(22)23-13)12-4-2-1-3-5-12/h1-9,13H,10H2,(H,17,18,20). The Balaban J connectivity index is 1.67. The normalized spacial score (nSPS) is 17.4. The molecule has 3 rings (SSSR count). The number of amides is 3. The minimum absolute atomic E-state index is 0.0547. The van der Waals surface area contributed by atoms with Gasteiger partial charge in [0.05, 0.1) is 5.69 Å². The van der Waals surface area contributed by atoms with Crippen molar-refractivity contribution in [3.05, 3.63) is 54.9 Å². The van der Waals surface area contributed by atoms with Crippen LogP contribution in [0.15, 0.2) is 54.9 Å². The fourth-order valence-corrected chi connectivity index (χ4v) is 3.20. The molecule has 2 heterocycles. The van der Waals surface area contributed by atoms with E-state index in [-0.39, 0.29) is 23.5 Å². The zero-order valence-corrected chi connectivity index (χ0v) is 12.8. The van der Waals surface area contributed by atoms with Gasteiger partial charge in [0.1, 0.15) is 5.25 Å². The van der Waals surface area contributed by atoms with Crippen molar-refractivity contribution in [2.75, 3.05) is 10.2 Å². The van der Waals surface area contributed by atoms with Gasteiger partial charge in [-0.2, -0.15) is 0 Å². The van der Waals surface area contributed by atoms with Gasteiger partial charge in [0.2, 0.25) is 11.8 Å². The molecule has 0 saturated carbocycles. The number of anilines is 2. The first kappa shape index (κ1) is 15.2. The van der Waals surface area contributed by atoms with Gasteiger partial charge in [-0.05, 0) is 36.0 Å². The Morgan fingerprint density at radius 3 is 2.52 bits per heavy atom. The number of pyridine rings is 1. The number of carbonyl (C=O) groups is 3. The molecule has 0 bridgehead atoms. The molecular formula is C16H13N3O3S. The number of carbonyl (C=O) groups excluding carboxylic acids is 3. The largest absolute Gasteiger partial charge is 0.326 e. The highest BCUT2D eigenvalue weighted by atomic mass is 32.2. The molecule has 1 atom stereocenters. The number of hydrogen-bond donors (Lipinski definition) is 1. The van der Waals surface area contributed by atoms with E-state index in [4.69, 9.17) is 0 Å². The van der Waals surface area contributed by atoms with E-state index in [0.717, 1.165) is 16.7 Å². The van der Waals surface area contributed by atoms with Crippen LogP contribution in [0.1, 0.15) is 6.42 Å². The summed E-state index contributed by atoms with van der Waals surface area (Å²) in [6, 6.07) is 12.0. The van der Waals surface area contributed by atoms with E-state index in [1.165, 1.54) is 0 Å². The predicted octanol–water partition coefficient (Wildman–Crippen LogP) is 2.68. The van der Waals surface area contributed by atoms with Gasteiger partial charge in [0.15, 0.2) is 0 Å².